The van der Waals surface area contributed by atoms with E-state index in [2.05, 4.69) is 15.9 Å². The van der Waals surface area contributed by atoms with Crippen LogP contribution in [0.2, 0.25) is 0 Å². The fourth-order valence-electron chi connectivity index (χ4n) is 1.43. The summed E-state index contributed by atoms with van der Waals surface area (Å²) in [5.41, 5.74) is 1.88. The molecule has 3 nitrogen and oxygen atoms in total. The first-order chi connectivity index (χ1) is 7.47. The lowest BCUT2D eigenvalue weighted by atomic mass is 10.1. The number of anilines is 1. The van der Waals surface area contributed by atoms with E-state index >= 15 is 0 Å². The quantitative estimate of drug-likeness (QED) is 0.893. The highest BCUT2D eigenvalue weighted by molar-refractivity contribution is 9.10. The molecule has 0 aromatic heterocycles. The van der Waals surface area contributed by atoms with Crippen molar-refractivity contribution in [2.24, 2.45) is 0 Å². The minimum atomic E-state index is -0.467. The summed E-state index contributed by atoms with van der Waals surface area (Å²) in [7, 11) is 1.93. The predicted molar refractivity (Wildman–Crippen MR) is 69.7 cm³/mol. The van der Waals surface area contributed by atoms with Crippen LogP contribution in [0.15, 0.2) is 22.7 Å². The topological polar surface area (TPSA) is 43.7 Å². The van der Waals surface area contributed by atoms with E-state index in [9.17, 15) is 5.11 Å². The number of halogens is 1. The van der Waals surface area contributed by atoms with Gasteiger partial charge in [-0.25, -0.2) is 0 Å². The van der Waals surface area contributed by atoms with Gasteiger partial charge in [0.2, 0.25) is 0 Å². The van der Waals surface area contributed by atoms with E-state index in [0.717, 1.165) is 15.7 Å². The van der Waals surface area contributed by atoms with Crippen LogP contribution in [0, 0.1) is 0 Å². The van der Waals surface area contributed by atoms with Gasteiger partial charge in [0, 0.05) is 17.6 Å². The minimum absolute atomic E-state index is 0.0636. The number of benzene rings is 1. The van der Waals surface area contributed by atoms with E-state index in [0.29, 0.717) is 0 Å². The number of hydrogen-bond acceptors (Lipinski definition) is 3. The molecule has 90 valence electrons. The number of hydrogen-bond donors (Lipinski definition) is 2. The van der Waals surface area contributed by atoms with Crippen LogP contribution in [0.3, 0.4) is 0 Å². The molecular formula is C12H18BrNO2. The Bertz CT molecular complexity index is 355. The lowest BCUT2D eigenvalue weighted by Gasteiger charge is -2.26. The first-order valence-electron chi connectivity index (χ1n) is 5.28. The van der Waals surface area contributed by atoms with E-state index in [4.69, 9.17) is 5.11 Å². The molecule has 0 bridgehead atoms. The van der Waals surface area contributed by atoms with Gasteiger partial charge in [-0.1, -0.05) is 6.07 Å². The number of aliphatic hydroxyl groups is 2. The maximum absolute atomic E-state index is 9.46. The summed E-state index contributed by atoms with van der Waals surface area (Å²) in [5, 5.41) is 18.6. The molecule has 0 amide bonds. The van der Waals surface area contributed by atoms with Crippen LogP contribution in [0.25, 0.3) is 0 Å². The number of rotatable bonds is 4. The zero-order valence-corrected chi connectivity index (χ0v) is 11.4. The molecule has 2 N–H and O–H groups in total. The molecule has 0 radical (unpaired) electrons. The summed E-state index contributed by atoms with van der Waals surface area (Å²) >= 11 is 3.48. The maximum atomic E-state index is 9.46. The third kappa shape index (κ3) is 2.97. The van der Waals surface area contributed by atoms with Gasteiger partial charge in [0.1, 0.15) is 0 Å². The SMILES string of the molecule is CC(CO)N(C)c1ccc([C@H](C)O)cc1Br. The van der Waals surface area contributed by atoms with Gasteiger partial charge in [-0.2, -0.15) is 0 Å². The molecular weight excluding hydrogens is 270 g/mol. The van der Waals surface area contributed by atoms with Crippen molar-refractivity contribution in [3.63, 3.8) is 0 Å². The largest absolute Gasteiger partial charge is 0.394 e. The number of nitrogens with zero attached hydrogens (tertiary/aromatic N) is 1. The Morgan fingerprint density at radius 1 is 1.38 bits per heavy atom. The number of aliphatic hydroxyl groups excluding tert-OH is 2. The van der Waals surface area contributed by atoms with Gasteiger partial charge in [0.15, 0.2) is 0 Å². The predicted octanol–water partition coefficient (Wildman–Crippen LogP) is 2.32. The van der Waals surface area contributed by atoms with Crippen molar-refractivity contribution < 1.29 is 10.2 Å². The molecule has 2 atom stereocenters. The van der Waals surface area contributed by atoms with Gasteiger partial charge >= 0.3 is 0 Å². The standard InChI is InChI=1S/C12H18BrNO2/c1-8(7-15)14(3)12-5-4-10(9(2)16)6-11(12)13/h4-6,8-9,15-16H,7H2,1-3H3/t8?,9-/m0/s1. The van der Waals surface area contributed by atoms with Gasteiger partial charge in [-0.05, 0) is 47.5 Å². The van der Waals surface area contributed by atoms with Crippen LogP contribution < -0.4 is 4.90 Å². The van der Waals surface area contributed by atoms with Crippen LogP contribution in [-0.2, 0) is 0 Å². The smallest absolute Gasteiger partial charge is 0.0762 e. The molecule has 4 heteroatoms. The molecule has 16 heavy (non-hydrogen) atoms. The lowest BCUT2D eigenvalue weighted by Crippen LogP contribution is -2.32. The fourth-order valence-corrected chi connectivity index (χ4v) is 2.11. The summed E-state index contributed by atoms with van der Waals surface area (Å²) in [4.78, 5) is 2.00. The van der Waals surface area contributed by atoms with Crippen molar-refractivity contribution in [3.05, 3.63) is 28.2 Å². The van der Waals surface area contributed by atoms with E-state index in [1.807, 2.05) is 37.1 Å². The van der Waals surface area contributed by atoms with Crippen molar-refractivity contribution in [2.75, 3.05) is 18.6 Å². The molecule has 0 aliphatic heterocycles. The molecule has 1 unspecified atom stereocenters. The Balaban J connectivity index is 2.99. The second-order valence-electron chi connectivity index (χ2n) is 4.03. The molecule has 0 saturated heterocycles. The Kier molecular flexibility index (Phi) is 4.77. The first-order valence-corrected chi connectivity index (χ1v) is 6.08. The maximum Gasteiger partial charge on any atom is 0.0762 e. The zero-order valence-electron chi connectivity index (χ0n) is 9.81. The molecule has 0 aliphatic carbocycles. The average Bonchev–Trinajstić information content (AvgIpc) is 2.26. The van der Waals surface area contributed by atoms with Gasteiger partial charge in [0.25, 0.3) is 0 Å². The van der Waals surface area contributed by atoms with Gasteiger partial charge < -0.3 is 15.1 Å². The summed E-state index contributed by atoms with van der Waals surface area (Å²) in [6.07, 6.45) is -0.467. The molecule has 0 fully saturated rings. The van der Waals surface area contributed by atoms with Crippen molar-refractivity contribution >= 4 is 21.6 Å². The first kappa shape index (κ1) is 13.5. The minimum Gasteiger partial charge on any atom is -0.394 e. The van der Waals surface area contributed by atoms with E-state index in [1.54, 1.807) is 6.92 Å². The van der Waals surface area contributed by atoms with E-state index < -0.39 is 6.10 Å². The molecule has 0 heterocycles. The van der Waals surface area contributed by atoms with Gasteiger partial charge in [-0.3, -0.25) is 0 Å². The second kappa shape index (κ2) is 5.66. The molecule has 1 rings (SSSR count). The molecule has 1 aromatic rings. The highest BCUT2D eigenvalue weighted by Crippen LogP contribution is 2.29. The van der Waals surface area contributed by atoms with E-state index in [1.165, 1.54) is 0 Å². The normalized spacial score (nSPS) is 14.6. The van der Waals surface area contributed by atoms with Crippen LogP contribution in [0.1, 0.15) is 25.5 Å². The molecule has 1 aromatic carbocycles. The third-order valence-corrected chi connectivity index (χ3v) is 3.39. The molecule has 0 saturated carbocycles. The highest BCUT2D eigenvalue weighted by Gasteiger charge is 2.13. The zero-order chi connectivity index (χ0) is 12.3. The summed E-state index contributed by atoms with van der Waals surface area (Å²) in [6, 6.07) is 5.80. The average molecular weight is 288 g/mol. The Hall–Kier alpha value is -0.580. The third-order valence-electron chi connectivity index (χ3n) is 2.76. The van der Waals surface area contributed by atoms with Crippen LogP contribution in [-0.4, -0.2) is 29.9 Å². The molecule has 0 spiro atoms. The van der Waals surface area contributed by atoms with Gasteiger partial charge in [0.05, 0.1) is 18.4 Å². The highest BCUT2D eigenvalue weighted by atomic mass is 79.9. The monoisotopic (exact) mass is 287 g/mol. The van der Waals surface area contributed by atoms with E-state index in [-0.39, 0.29) is 12.6 Å². The van der Waals surface area contributed by atoms with Crippen LogP contribution in [0.4, 0.5) is 5.69 Å². The number of likely N-dealkylation sites (N-methyl/N-ethyl adjacent to an activating group) is 1. The second-order valence-corrected chi connectivity index (χ2v) is 4.88. The Morgan fingerprint density at radius 3 is 2.44 bits per heavy atom. The summed E-state index contributed by atoms with van der Waals surface area (Å²) in [6.45, 7) is 3.80. The summed E-state index contributed by atoms with van der Waals surface area (Å²) < 4.78 is 0.925. The lowest BCUT2D eigenvalue weighted by molar-refractivity contribution is 0.199. The van der Waals surface area contributed by atoms with Crippen LogP contribution >= 0.6 is 15.9 Å². The van der Waals surface area contributed by atoms with Crippen molar-refractivity contribution in [1.29, 1.82) is 0 Å². The fraction of sp³-hybridized carbons (Fsp3) is 0.500. The Morgan fingerprint density at radius 2 is 2.00 bits per heavy atom. The summed E-state index contributed by atoms with van der Waals surface area (Å²) in [5.74, 6) is 0. The van der Waals surface area contributed by atoms with Crippen molar-refractivity contribution in [2.45, 2.75) is 26.0 Å². The van der Waals surface area contributed by atoms with Gasteiger partial charge in [-0.15, -0.1) is 0 Å². The Labute approximate surface area is 105 Å². The van der Waals surface area contributed by atoms with Crippen molar-refractivity contribution in [1.82, 2.24) is 0 Å². The van der Waals surface area contributed by atoms with Crippen molar-refractivity contribution in [3.8, 4) is 0 Å². The molecule has 0 aliphatic rings. The van der Waals surface area contributed by atoms with Crippen LogP contribution in [0.5, 0.6) is 0 Å².